The summed E-state index contributed by atoms with van der Waals surface area (Å²) in [7, 11) is 4.64. The Balaban J connectivity index is 1.57. The third kappa shape index (κ3) is 4.95. The van der Waals surface area contributed by atoms with Crippen molar-refractivity contribution >= 4 is 23.1 Å². The Hall–Kier alpha value is -2.44. The van der Waals surface area contributed by atoms with Crippen molar-refractivity contribution < 1.29 is 19.0 Å². The molecule has 0 spiro atoms. The van der Waals surface area contributed by atoms with Gasteiger partial charge in [-0.25, -0.2) is 0 Å². The first-order valence-corrected chi connectivity index (χ1v) is 10.00. The van der Waals surface area contributed by atoms with Crippen molar-refractivity contribution in [2.75, 3.05) is 59.0 Å². The van der Waals surface area contributed by atoms with Crippen LogP contribution in [0.15, 0.2) is 36.4 Å². The number of halogens is 1. The molecule has 1 aliphatic rings. The summed E-state index contributed by atoms with van der Waals surface area (Å²) >= 11 is 6.31. The van der Waals surface area contributed by atoms with E-state index >= 15 is 0 Å². The van der Waals surface area contributed by atoms with E-state index in [1.807, 2.05) is 24.3 Å². The lowest BCUT2D eigenvalue weighted by molar-refractivity contribution is 0.0961. The second-order valence-electron chi connectivity index (χ2n) is 6.87. The SMILES string of the molecule is COc1cc(C(=O)CCN2CCN(c3ccccc3Cl)CC2)cc(OC)c1OC. The molecule has 1 fully saturated rings. The number of ketones is 1. The predicted octanol–water partition coefficient (Wildman–Crippen LogP) is 3.76. The van der Waals surface area contributed by atoms with Gasteiger partial charge in [0.25, 0.3) is 0 Å². The number of ether oxygens (including phenoxy) is 3. The van der Waals surface area contributed by atoms with Crippen molar-refractivity contribution in [3.8, 4) is 17.2 Å². The first-order valence-electron chi connectivity index (χ1n) is 9.62. The minimum Gasteiger partial charge on any atom is -0.493 e. The topological polar surface area (TPSA) is 51.2 Å². The number of carbonyl (C=O) groups is 1. The maximum absolute atomic E-state index is 12.7. The zero-order chi connectivity index (χ0) is 20.8. The Morgan fingerprint density at radius 1 is 0.966 bits per heavy atom. The van der Waals surface area contributed by atoms with E-state index < -0.39 is 0 Å². The highest BCUT2D eigenvalue weighted by Gasteiger charge is 2.21. The molecule has 0 bridgehead atoms. The Bertz CT molecular complexity index is 825. The van der Waals surface area contributed by atoms with Gasteiger partial charge in [0.15, 0.2) is 17.3 Å². The number of rotatable bonds is 8. The predicted molar refractivity (Wildman–Crippen MR) is 115 cm³/mol. The Morgan fingerprint density at radius 2 is 1.59 bits per heavy atom. The van der Waals surface area contributed by atoms with E-state index in [4.69, 9.17) is 25.8 Å². The Morgan fingerprint density at radius 3 is 2.14 bits per heavy atom. The minimum absolute atomic E-state index is 0.0535. The zero-order valence-electron chi connectivity index (χ0n) is 17.1. The summed E-state index contributed by atoms with van der Waals surface area (Å²) in [5, 5.41) is 0.776. The van der Waals surface area contributed by atoms with Crippen molar-refractivity contribution in [2.24, 2.45) is 0 Å². The number of carbonyl (C=O) groups excluding carboxylic acids is 1. The first-order chi connectivity index (χ1) is 14.1. The lowest BCUT2D eigenvalue weighted by Gasteiger charge is -2.36. The van der Waals surface area contributed by atoms with Gasteiger partial charge in [-0.1, -0.05) is 23.7 Å². The van der Waals surface area contributed by atoms with Crippen LogP contribution < -0.4 is 19.1 Å². The standard InChI is InChI=1S/C22H27ClN2O4/c1-27-20-14-16(15-21(28-2)22(20)29-3)19(26)8-9-24-10-12-25(13-11-24)18-7-5-4-6-17(18)23/h4-7,14-15H,8-13H2,1-3H3. The number of nitrogens with zero attached hydrogens (tertiary/aromatic N) is 2. The van der Waals surface area contributed by atoms with Gasteiger partial charge in [-0.05, 0) is 24.3 Å². The molecule has 0 atom stereocenters. The number of piperazine rings is 1. The molecule has 1 aliphatic heterocycles. The van der Waals surface area contributed by atoms with Gasteiger partial charge < -0.3 is 19.1 Å². The van der Waals surface area contributed by atoms with Crippen LogP contribution in [0.5, 0.6) is 17.2 Å². The number of hydrogen-bond donors (Lipinski definition) is 0. The zero-order valence-corrected chi connectivity index (χ0v) is 17.9. The summed E-state index contributed by atoms with van der Waals surface area (Å²) in [4.78, 5) is 17.3. The van der Waals surface area contributed by atoms with Gasteiger partial charge in [-0.15, -0.1) is 0 Å². The molecule has 0 saturated carbocycles. The molecule has 156 valence electrons. The monoisotopic (exact) mass is 418 g/mol. The summed E-state index contributed by atoms with van der Waals surface area (Å²) in [6, 6.07) is 11.3. The van der Waals surface area contributed by atoms with Gasteiger partial charge in [0.2, 0.25) is 5.75 Å². The molecule has 2 aromatic carbocycles. The average molecular weight is 419 g/mol. The molecular formula is C22H27ClN2O4. The fourth-order valence-corrected chi connectivity index (χ4v) is 3.82. The molecular weight excluding hydrogens is 392 g/mol. The molecule has 0 aromatic heterocycles. The van der Waals surface area contributed by atoms with E-state index in [1.54, 1.807) is 33.5 Å². The molecule has 1 heterocycles. The van der Waals surface area contributed by atoms with Gasteiger partial charge in [0, 0.05) is 44.7 Å². The van der Waals surface area contributed by atoms with Gasteiger partial charge in [-0.2, -0.15) is 0 Å². The van der Waals surface area contributed by atoms with Gasteiger partial charge in [0.05, 0.1) is 32.0 Å². The lowest BCUT2D eigenvalue weighted by Crippen LogP contribution is -2.47. The molecule has 0 N–H and O–H groups in total. The molecule has 0 aliphatic carbocycles. The average Bonchev–Trinajstić information content (AvgIpc) is 2.77. The fourth-order valence-electron chi connectivity index (χ4n) is 3.57. The van der Waals surface area contributed by atoms with Crippen LogP contribution in [0.1, 0.15) is 16.8 Å². The summed E-state index contributed by atoms with van der Waals surface area (Å²) < 4.78 is 16.0. The Labute approximate surface area is 176 Å². The highest BCUT2D eigenvalue weighted by molar-refractivity contribution is 6.33. The van der Waals surface area contributed by atoms with Crippen molar-refractivity contribution in [1.82, 2.24) is 4.90 Å². The molecule has 2 aromatic rings. The van der Waals surface area contributed by atoms with Crippen LogP contribution >= 0.6 is 11.6 Å². The van der Waals surface area contributed by atoms with Crippen molar-refractivity contribution in [3.05, 3.63) is 47.0 Å². The van der Waals surface area contributed by atoms with Gasteiger partial charge in [-0.3, -0.25) is 9.69 Å². The van der Waals surface area contributed by atoms with E-state index in [-0.39, 0.29) is 5.78 Å². The molecule has 7 heteroatoms. The van der Waals surface area contributed by atoms with Crippen LogP contribution in [0.4, 0.5) is 5.69 Å². The van der Waals surface area contributed by atoms with E-state index in [2.05, 4.69) is 9.80 Å². The third-order valence-electron chi connectivity index (χ3n) is 5.21. The number of Topliss-reactive ketones (excluding diaryl/α,β-unsaturated/α-hetero) is 1. The third-order valence-corrected chi connectivity index (χ3v) is 5.53. The quantitative estimate of drug-likeness (QED) is 0.608. The van der Waals surface area contributed by atoms with E-state index in [0.717, 1.165) is 36.9 Å². The van der Waals surface area contributed by atoms with Crippen LogP contribution in [0.25, 0.3) is 0 Å². The van der Waals surface area contributed by atoms with Crippen molar-refractivity contribution in [1.29, 1.82) is 0 Å². The normalized spacial score (nSPS) is 14.6. The highest BCUT2D eigenvalue weighted by atomic mass is 35.5. The second kappa shape index (κ2) is 9.85. The molecule has 29 heavy (non-hydrogen) atoms. The number of hydrogen-bond acceptors (Lipinski definition) is 6. The largest absolute Gasteiger partial charge is 0.493 e. The van der Waals surface area contributed by atoms with E-state index in [9.17, 15) is 4.79 Å². The maximum atomic E-state index is 12.7. The molecule has 3 rings (SSSR count). The van der Waals surface area contributed by atoms with Crippen LogP contribution in [0.2, 0.25) is 5.02 Å². The number of methoxy groups -OCH3 is 3. The summed E-state index contributed by atoms with van der Waals surface area (Å²) in [6.07, 6.45) is 0.435. The molecule has 0 unspecified atom stereocenters. The molecule has 6 nitrogen and oxygen atoms in total. The van der Waals surface area contributed by atoms with Crippen LogP contribution in [-0.2, 0) is 0 Å². The molecule has 0 radical (unpaired) electrons. The molecule has 1 saturated heterocycles. The summed E-state index contributed by atoms with van der Waals surface area (Å²) in [5.74, 6) is 1.52. The second-order valence-corrected chi connectivity index (χ2v) is 7.27. The van der Waals surface area contributed by atoms with Crippen LogP contribution in [0.3, 0.4) is 0 Å². The number of para-hydroxylation sites is 1. The smallest absolute Gasteiger partial charge is 0.203 e. The molecule has 0 amide bonds. The summed E-state index contributed by atoms with van der Waals surface area (Å²) in [5.41, 5.74) is 1.64. The van der Waals surface area contributed by atoms with E-state index in [1.165, 1.54) is 0 Å². The van der Waals surface area contributed by atoms with Crippen molar-refractivity contribution in [2.45, 2.75) is 6.42 Å². The van der Waals surface area contributed by atoms with E-state index in [0.29, 0.717) is 35.8 Å². The minimum atomic E-state index is 0.0535. The van der Waals surface area contributed by atoms with Gasteiger partial charge >= 0.3 is 0 Å². The van der Waals surface area contributed by atoms with Gasteiger partial charge in [0.1, 0.15) is 0 Å². The number of anilines is 1. The highest BCUT2D eigenvalue weighted by Crippen LogP contribution is 2.38. The number of benzene rings is 2. The first kappa shape index (κ1) is 21.3. The maximum Gasteiger partial charge on any atom is 0.203 e. The Kier molecular flexibility index (Phi) is 7.23. The van der Waals surface area contributed by atoms with Crippen LogP contribution in [0, 0.1) is 0 Å². The lowest BCUT2D eigenvalue weighted by atomic mass is 10.1. The fraction of sp³-hybridized carbons (Fsp3) is 0.409. The summed E-state index contributed by atoms with van der Waals surface area (Å²) in [6.45, 7) is 4.29. The van der Waals surface area contributed by atoms with Crippen molar-refractivity contribution in [3.63, 3.8) is 0 Å². The van der Waals surface area contributed by atoms with Crippen LogP contribution in [-0.4, -0.2) is 64.7 Å².